The van der Waals surface area contributed by atoms with Gasteiger partial charge in [-0.3, -0.25) is 0 Å². The van der Waals surface area contributed by atoms with Gasteiger partial charge in [-0.25, -0.2) is 0 Å². The molecule has 4 unspecified atom stereocenters. The fourth-order valence-corrected chi connectivity index (χ4v) is 7.94. The summed E-state index contributed by atoms with van der Waals surface area (Å²) in [4.78, 5) is 4.67. The van der Waals surface area contributed by atoms with Crippen molar-refractivity contribution in [3.63, 3.8) is 0 Å². The predicted molar refractivity (Wildman–Crippen MR) is 143 cm³/mol. The molecule has 8 heteroatoms. The number of anilines is 2. The summed E-state index contributed by atoms with van der Waals surface area (Å²) in [6.07, 6.45) is 1.90. The van der Waals surface area contributed by atoms with Gasteiger partial charge in [0.25, 0.3) is 0 Å². The number of nitrogens with zero attached hydrogens (tertiary/aromatic N) is 2. The van der Waals surface area contributed by atoms with Crippen molar-refractivity contribution in [2.24, 2.45) is 5.92 Å². The van der Waals surface area contributed by atoms with Crippen molar-refractivity contribution in [1.82, 2.24) is 0 Å². The first-order valence-electron chi connectivity index (χ1n) is 13.2. The van der Waals surface area contributed by atoms with Gasteiger partial charge in [0.15, 0.2) is 0 Å². The van der Waals surface area contributed by atoms with Crippen LogP contribution in [0, 0.1) is 5.92 Å². The molecular formula is C28H37N2O5P. The highest BCUT2D eigenvalue weighted by Gasteiger charge is 2.33. The summed E-state index contributed by atoms with van der Waals surface area (Å²) in [5.74, 6) is 0.321. The van der Waals surface area contributed by atoms with E-state index in [1.807, 2.05) is 0 Å². The Kier molecular flexibility index (Phi) is 6.87. The standard InChI is InChI=1S/C28H37N2O5P/c1-20(2)19-36(31,27-7-3-21(4-8-27)29(11-23-15-32-23)12-24-16-33-24)28-9-5-22(6-10-28)30(13-25-17-34-25)14-26-18-35-26/h3-10,20,23-26H,11-19H2,1-2H3. The quantitative estimate of drug-likeness (QED) is 0.285. The molecule has 0 N–H and O–H groups in total. The maximum atomic E-state index is 14.6. The van der Waals surface area contributed by atoms with E-state index in [-0.39, 0.29) is 0 Å². The normalized spacial score (nSPS) is 27.4. The maximum Gasteiger partial charge on any atom is 0.143 e. The number of hydrogen-bond donors (Lipinski definition) is 0. The highest BCUT2D eigenvalue weighted by Crippen LogP contribution is 2.46. The average Bonchev–Trinajstić information content (AvgIpc) is 3.69. The van der Waals surface area contributed by atoms with Crippen molar-refractivity contribution in [2.45, 2.75) is 38.3 Å². The van der Waals surface area contributed by atoms with Crippen LogP contribution in [-0.2, 0) is 23.5 Å². The predicted octanol–water partition coefficient (Wildman–Crippen LogP) is 2.86. The second kappa shape index (κ2) is 10.1. The van der Waals surface area contributed by atoms with E-state index >= 15 is 0 Å². The molecule has 4 aliphatic heterocycles. The Labute approximate surface area is 214 Å². The summed E-state index contributed by atoms with van der Waals surface area (Å²) in [6, 6.07) is 16.8. The van der Waals surface area contributed by atoms with E-state index in [4.69, 9.17) is 18.9 Å². The fraction of sp³-hybridized carbons (Fsp3) is 0.571. The molecule has 0 aliphatic carbocycles. The lowest BCUT2D eigenvalue weighted by Crippen LogP contribution is -2.32. The van der Waals surface area contributed by atoms with E-state index in [0.29, 0.717) is 36.5 Å². The summed E-state index contributed by atoms with van der Waals surface area (Å²) in [6.45, 7) is 11.1. The zero-order chi connectivity index (χ0) is 24.7. The second-order valence-electron chi connectivity index (χ2n) is 11.0. The molecule has 4 atom stereocenters. The number of rotatable bonds is 14. The zero-order valence-electron chi connectivity index (χ0n) is 21.3. The Balaban J connectivity index is 1.23. The van der Waals surface area contributed by atoms with Crippen LogP contribution in [0.4, 0.5) is 11.4 Å². The summed E-state index contributed by atoms with van der Waals surface area (Å²) in [5.41, 5.74) is 2.27. The Bertz CT molecular complexity index is 969. The van der Waals surface area contributed by atoms with Crippen LogP contribution in [-0.4, -0.2) is 83.2 Å². The highest BCUT2D eigenvalue weighted by atomic mass is 31.2. The van der Waals surface area contributed by atoms with Gasteiger partial charge in [-0.05, 0) is 54.4 Å². The molecular weight excluding hydrogens is 475 g/mol. The monoisotopic (exact) mass is 512 g/mol. The molecule has 4 saturated heterocycles. The molecule has 4 heterocycles. The van der Waals surface area contributed by atoms with Crippen LogP contribution in [0.5, 0.6) is 0 Å². The summed E-state index contributed by atoms with van der Waals surface area (Å²) >= 11 is 0. The van der Waals surface area contributed by atoms with E-state index in [2.05, 4.69) is 72.2 Å². The van der Waals surface area contributed by atoms with E-state index in [9.17, 15) is 4.57 Å². The second-order valence-corrected chi connectivity index (χ2v) is 13.9. The molecule has 0 radical (unpaired) electrons. The molecule has 36 heavy (non-hydrogen) atoms. The van der Waals surface area contributed by atoms with Gasteiger partial charge in [0.2, 0.25) is 0 Å². The van der Waals surface area contributed by atoms with Crippen molar-refractivity contribution < 1.29 is 23.5 Å². The first-order chi connectivity index (χ1) is 17.5. The fourth-order valence-electron chi connectivity index (χ4n) is 4.93. The number of ether oxygens (including phenoxy) is 4. The lowest BCUT2D eigenvalue weighted by atomic mass is 10.2. The minimum Gasteiger partial charge on any atom is -0.371 e. The SMILES string of the molecule is CC(C)CP(=O)(c1ccc(N(CC2CO2)CC2CO2)cc1)c1ccc(N(CC2CO2)CC2CO2)cc1. The van der Waals surface area contributed by atoms with Gasteiger partial charge in [-0.1, -0.05) is 13.8 Å². The molecule has 2 aromatic carbocycles. The van der Waals surface area contributed by atoms with Crippen molar-refractivity contribution in [1.29, 1.82) is 0 Å². The lowest BCUT2D eigenvalue weighted by molar-refractivity contribution is 0.388. The Morgan fingerprint density at radius 1 is 0.667 bits per heavy atom. The van der Waals surface area contributed by atoms with Gasteiger partial charge < -0.3 is 33.3 Å². The van der Waals surface area contributed by atoms with Crippen LogP contribution in [0.25, 0.3) is 0 Å². The van der Waals surface area contributed by atoms with Gasteiger partial charge in [0.1, 0.15) is 7.14 Å². The van der Waals surface area contributed by atoms with Crippen LogP contribution in [0.3, 0.4) is 0 Å². The third-order valence-electron chi connectivity index (χ3n) is 7.19. The summed E-state index contributed by atoms with van der Waals surface area (Å²) in [7, 11) is -2.78. The molecule has 194 valence electrons. The highest BCUT2D eigenvalue weighted by molar-refractivity contribution is 7.78. The van der Waals surface area contributed by atoms with Crippen LogP contribution in [0.2, 0.25) is 0 Å². The van der Waals surface area contributed by atoms with Gasteiger partial charge in [-0.2, -0.15) is 0 Å². The zero-order valence-corrected chi connectivity index (χ0v) is 22.1. The number of epoxide rings is 4. The van der Waals surface area contributed by atoms with E-state index in [1.54, 1.807) is 0 Å². The smallest absolute Gasteiger partial charge is 0.143 e. The van der Waals surface area contributed by atoms with Crippen LogP contribution in [0.1, 0.15) is 13.8 Å². The summed E-state index contributed by atoms with van der Waals surface area (Å²) < 4.78 is 36.5. The van der Waals surface area contributed by atoms with Gasteiger partial charge >= 0.3 is 0 Å². The van der Waals surface area contributed by atoms with Gasteiger partial charge in [0, 0.05) is 54.3 Å². The third-order valence-corrected chi connectivity index (χ3v) is 10.7. The van der Waals surface area contributed by atoms with Gasteiger partial charge in [-0.15, -0.1) is 0 Å². The molecule has 4 aliphatic rings. The molecule has 0 saturated carbocycles. The minimum atomic E-state index is -2.78. The van der Waals surface area contributed by atoms with E-state index in [0.717, 1.165) is 74.6 Å². The Hall–Kier alpha value is -1.89. The largest absolute Gasteiger partial charge is 0.371 e. The molecule has 0 bridgehead atoms. The van der Waals surface area contributed by atoms with Crippen LogP contribution in [0.15, 0.2) is 48.5 Å². The van der Waals surface area contributed by atoms with Gasteiger partial charge in [0.05, 0.1) is 50.8 Å². The average molecular weight is 513 g/mol. The molecule has 6 rings (SSSR count). The minimum absolute atomic E-state index is 0.312. The molecule has 7 nitrogen and oxygen atoms in total. The molecule has 0 aromatic heterocycles. The van der Waals surface area contributed by atoms with E-state index < -0.39 is 7.14 Å². The van der Waals surface area contributed by atoms with Crippen LogP contribution < -0.4 is 20.4 Å². The third kappa shape index (κ3) is 6.15. The molecule has 0 amide bonds. The van der Waals surface area contributed by atoms with E-state index in [1.165, 1.54) is 0 Å². The maximum absolute atomic E-state index is 14.6. The first-order valence-corrected chi connectivity index (χ1v) is 15.1. The van der Waals surface area contributed by atoms with Crippen molar-refractivity contribution in [3.05, 3.63) is 48.5 Å². The molecule has 4 fully saturated rings. The number of benzene rings is 2. The molecule has 0 spiro atoms. The van der Waals surface area contributed by atoms with Crippen molar-refractivity contribution >= 4 is 29.1 Å². The topological polar surface area (TPSA) is 73.7 Å². The number of hydrogen-bond acceptors (Lipinski definition) is 7. The van der Waals surface area contributed by atoms with Crippen molar-refractivity contribution in [3.8, 4) is 0 Å². The first kappa shape index (κ1) is 24.4. The lowest BCUT2D eigenvalue weighted by Gasteiger charge is -2.26. The Morgan fingerprint density at radius 3 is 1.22 bits per heavy atom. The molecule has 2 aromatic rings. The van der Waals surface area contributed by atoms with Crippen LogP contribution >= 0.6 is 7.14 Å². The van der Waals surface area contributed by atoms with Crippen molar-refractivity contribution in [2.75, 3.05) is 68.6 Å². The Morgan fingerprint density at radius 2 is 0.972 bits per heavy atom. The summed E-state index contributed by atoms with van der Waals surface area (Å²) in [5, 5.41) is 1.85.